The fraction of sp³-hybridized carbons (Fsp3) is 0.0714. The van der Waals surface area contributed by atoms with E-state index in [4.69, 9.17) is 5.73 Å². The lowest BCUT2D eigenvalue weighted by Gasteiger charge is -2.05. The Bertz CT molecular complexity index is 904. The van der Waals surface area contributed by atoms with Crippen molar-refractivity contribution in [3.63, 3.8) is 0 Å². The summed E-state index contributed by atoms with van der Waals surface area (Å²) in [5.74, 6) is -0.261. The third-order valence-corrected chi connectivity index (χ3v) is 3.22. The minimum absolute atomic E-state index is 0.209. The van der Waals surface area contributed by atoms with Crippen molar-refractivity contribution in [1.29, 1.82) is 0 Å². The number of amides is 1. The molecule has 3 N–H and O–H groups in total. The van der Waals surface area contributed by atoms with Gasteiger partial charge in [-0.15, -0.1) is 0 Å². The topological polar surface area (TPSA) is 128 Å². The van der Waals surface area contributed by atoms with Gasteiger partial charge in [0.15, 0.2) is 5.82 Å². The summed E-state index contributed by atoms with van der Waals surface area (Å²) in [7, 11) is 0. The Morgan fingerprint density at radius 2 is 2.17 bits per heavy atom. The Labute approximate surface area is 129 Å². The van der Waals surface area contributed by atoms with Gasteiger partial charge in [0.2, 0.25) is 11.6 Å². The Morgan fingerprint density at radius 1 is 1.35 bits per heavy atom. The molecule has 9 nitrogen and oxygen atoms in total. The number of rotatable bonds is 5. The maximum absolute atomic E-state index is 11.2. The van der Waals surface area contributed by atoms with Crippen molar-refractivity contribution < 1.29 is 9.72 Å². The highest BCUT2D eigenvalue weighted by Crippen LogP contribution is 2.15. The van der Waals surface area contributed by atoms with Crippen molar-refractivity contribution in [1.82, 2.24) is 14.6 Å². The quantitative estimate of drug-likeness (QED) is 0.540. The Hall–Kier alpha value is -3.49. The number of aromatic nitrogens is 3. The van der Waals surface area contributed by atoms with Crippen molar-refractivity contribution in [3.05, 3.63) is 63.8 Å². The number of hydrogen-bond acceptors (Lipinski definition) is 6. The molecular formula is C14H12N6O3. The van der Waals surface area contributed by atoms with Crippen LogP contribution in [0.5, 0.6) is 0 Å². The average Bonchev–Trinajstić information content (AvgIpc) is 2.96. The van der Waals surface area contributed by atoms with Gasteiger partial charge in [-0.05, 0) is 28.7 Å². The summed E-state index contributed by atoms with van der Waals surface area (Å²) >= 11 is 0. The van der Waals surface area contributed by atoms with Gasteiger partial charge < -0.3 is 21.2 Å². The maximum atomic E-state index is 11.2. The monoisotopic (exact) mass is 312 g/mol. The zero-order valence-corrected chi connectivity index (χ0v) is 11.8. The third kappa shape index (κ3) is 2.93. The highest BCUT2D eigenvalue weighted by atomic mass is 16.6. The fourth-order valence-corrected chi connectivity index (χ4v) is 2.11. The smallest absolute Gasteiger partial charge is 0.366 e. The summed E-state index contributed by atoms with van der Waals surface area (Å²) in [5, 5.41) is 18.1. The molecule has 0 radical (unpaired) electrons. The van der Waals surface area contributed by atoms with E-state index in [0.29, 0.717) is 23.6 Å². The van der Waals surface area contributed by atoms with Crippen LogP contribution in [-0.4, -0.2) is 25.4 Å². The van der Waals surface area contributed by atoms with E-state index in [1.165, 1.54) is 0 Å². The van der Waals surface area contributed by atoms with Crippen LogP contribution in [0.1, 0.15) is 15.9 Å². The van der Waals surface area contributed by atoms with Crippen LogP contribution in [0.4, 0.5) is 11.6 Å². The molecule has 1 amide bonds. The summed E-state index contributed by atoms with van der Waals surface area (Å²) in [6.07, 6.45) is 1.16. The highest BCUT2D eigenvalue weighted by Gasteiger charge is 2.15. The minimum Gasteiger partial charge on any atom is -0.366 e. The lowest BCUT2D eigenvalue weighted by molar-refractivity contribution is -0.391. The van der Waals surface area contributed by atoms with Gasteiger partial charge in [0.1, 0.15) is 6.20 Å². The molecule has 9 heteroatoms. The largest absolute Gasteiger partial charge is 0.368 e. The summed E-state index contributed by atoms with van der Waals surface area (Å²) in [6.45, 7) is 0.391. The molecular weight excluding hydrogens is 300 g/mol. The number of nitrogens with zero attached hydrogens (tertiary/aromatic N) is 4. The lowest BCUT2D eigenvalue weighted by atomic mass is 10.1. The zero-order chi connectivity index (χ0) is 16.4. The third-order valence-electron chi connectivity index (χ3n) is 3.22. The number of carbonyl (C=O) groups is 1. The van der Waals surface area contributed by atoms with Crippen molar-refractivity contribution in [2.24, 2.45) is 5.73 Å². The molecule has 2 aromatic heterocycles. The van der Waals surface area contributed by atoms with Gasteiger partial charge >= 0.3 is 5.82 Å². The first-order chi connectivity index (χ1) is 11.0. The summed E-state index contributed by atoms with van der Waals surface area (Å²) in [6, 6.07) is 10.2. The van der Waals surface area contributed by atoms with Crippen LogP contribution in [0, 0.1) is 10.1 Å². The molecule has 0 unspecified atom stereocenters. The van der Waals surface area contributed by atoms with E-state index < -0.39 is 10.8 Å². The molecule has 0 spiro atoms. The van der Waals surface area contributed by atoms with Gasteiger partial charge in [-0.1, -0.05) is 21.7 Å². The number of primary amides is 1. The van der Waals surface area contributed by atoms with Crippen molar-refractivity contribution in [2.75, 3.05) is 5.32 Å². The van der Waals surface area contributed by atoms with Crippen molar-refractivity contribution >= 4 is 23.2 Å². The van der Waals surface area contributed by atoms with Crippen LogP contribution in [0.25, 0.3) is 5.65 Å². The van der Waals surface area contributed by atoms with Crippen molar-refractivity contribution in [3.8, 4) is 0 Å². The number of benzene rings is 1. The molecule has 1 aromatic carbocycles. The number of nitro groups is 1. The van der Waals surface area contributed by atoms with E-state index in [1.807, 2.05) is 6.07 Å². The highest BCUT2D eigenvalue weighted by molar-refractivity contribution is 5.92. The predicted molar refractivity (Wildman–Crippen MR) is 81.9 cm³/mol. The summed E-state index contributed by atoms with van der Waals surface area (Å²) in [4.78, 5) is 25.4. The first-order valence-corrected chi connectivity index (χ1v) is 6.66. The second kappa shape index (κ2) is 5.72. The van der Waals surface area contributed by atoms with Gasteiger partial charge in [0.25, 0.3) is 0 Å². The van der Waals surface area contributed by atoms with E-state index in [1.54, 1.807) is 30.3 Å². The normalized spacial score (nSPS) is 10.6. The van der Waals surface area contributed by atoms with E-state index in [9.17, 15) is 14.9 Å². The minimum atomic E-state index is -0.548. The Balaban J connectivity index is 1.82. The van der Waals surface area contributed by atoms with Crippen molar-refractivity contribution in [2.45, 2.75) is 6.54 Å². The SMILES string of the molecule is NC(=O)c1cccc(CNc2ccc3ncc([N+](=O)[O-])n3n2)c1. The molecule has 0 fully saturated rings. The summed E-state index contributed by atoms with van der Waals surface area (Å²) in [5.41, 5.74) is 6.88. The molecule has 0 saturated carbocycles. The number of nitrogens with two attached hydrogens (primary N) is 1. The number of carbonyl (C=O) groups excluding carboxylic acids is 1. The molecule has 0 saturated heterocycles. The Kier molecular flexibility index (Phi) is 3.59. The van der Waals surface area contributed by atoms with Crippen LogP contribution in [-0.2, 0) is 6.54 Å². The van der Waals surface area contributed by atoms with Crippen LogP contribution >= 0.6 is 0 Å². The molecule has 3 aromatic rings. The first-order valence-electron chi connectivity index (χ1n) is 6.66. The van der Waals surface area contributed by atoms with E-state index in [-0.39, 0.29) is 5.82 Å². The number of nitrogens with one attached hydrogen (secondary N) is 1. The molecule has 2 heterocycles. The van der Waals surface area contributed by atoms with Gasteiger partial charge in [0, 0.05) is 18.2 Å². The molecule has 116 valence electrons. The predicted octanol–water partition coefficient (Wildman–Crippen LogP) is 1.35. The molecule has 0 atom stereocenters. The van der Waals surface area contributed by atoms with Gasteiger partial charge in [-0.2, -0.15) is 0 Å². The fourth-order valence-electron chi connectivity index (χ4n) is 2.11. The van der Waals surface area contributed by atoms with Gasteiger partial charge in [-0.25, -0.2) is 4.98 Å². The maximum Gasteiger partial charge on any atom is 0.368 e. The summed E-state index contributed by atoms with van der Waals surface area (Å²) < 4.78 is 1.15. The lowest BCUT2D eigenvalue weighted by Crippen LogP contribution is -2.11. The molecule has 3 rings (SSSR count). The number of imidazole rings is 1. The Morgan fingerprint density at radius 3 is 2.91 bits per heavy atom. The zero-order valence-electron chi connectivity index (χ0n) is 11.8. The number of hydrogen-bond donors (Lipinski definition) is 2. The number of fused-ring (bicyclic) bond motifs is 1. The molecule has 0 aliphatic carbocycles. The van der Waals surface area contributed by atoms with Crippen LogP contribution < -0.4 is 11.1 Å². The first kappa shape index (κ1) is 14.4. The van der Waals surface area contributed by atoms with Crippen LogP contribution in [0.2, 0.25) is 0 Å². The molecule has 0 bridgehead atoms. The standard InChI is InChI=1S/C14H12N6O3/c15-14(21)10-3-1-2-9(6-10)7-16-11-4-5-12-17-8-13(20(22)23)19(12)18-11/h1-6,8H,7H2,(H2,15,21)(H,16,18). The van der Waals surface area contributed by atoms with Gasteiger partial charge in [-0.3, -0.25) is 4.79 Å². The van der Waals surface area contributed by atoms with E-state index in [2.05, 4.69) is 15.4 Å². The van der Waals surface area contributed by atoms with Crippen LogP contribution in [0.15, 0.2) is 42.6 Å². The van der Waals surface area contributed by atoms with Gasteiger partial charge in [0.05, 0.1) is 0 Å². The second-order valence-electron chi connectivity index (χ2n) is 4.78. The van der Waals surface area contributed by atoms with E-state index >= 15 is 0 Å². The number of anilines is 1. The van der Waals surface area contributed by atoms with E-state index in [0.717, 1.165) is 16.3 Å². The molecule has 0 aliphatic heterocycles. The van der Waals surface area contributed by atoms with Crippen LogP contribution in [0.3, 0.4) is 0 Å². The molecule has 23 heavy (non-hydrogen) atoms. The second-order valence-corrected chi connectivity index (χ2v) is 4.78. The molecule has 0 aliphatic rings. The average molecular weight is 312 g/mol.